The summed E-state index contributed by atoms with van der Waals surface area (Å²) in [4.78, 5) is 19.5. The molecule has 8 nitrogen and oxygen atoms in total. The highest BCUT2D eigenvalue weighted by Crippen LogP contribution is 2.30. The number of amides is 1. The molecule has 1 aromatic carbocycles. The summed E-state index contributed by atoms with van der Waals surface area (Å²) in [5.74, 6) is 2.17. The van der Waals surface area contributed by atoms with Gasteiger partial charge in [0, 0.05) is 35.8 Å². The Balaban J connectivity index is 1.25. The Morgan fingerprint density at radius 3 is 2.90 bits per heavy atom. The molecule has 1 aliphatic heterocycles. The van der Waals surface area contributed by atoms with Crippen molar-refractivity contribution in [3.05, 3.63) is 47.0 Å². The number of aromatic nitrogens is 4. The Morgan fingerprint density at radius 1 is 1.23 bits per heavy atom. The summed E-state index contributed by atoms with van der Waals surface area (Å²) in [5, 5.41) is 11.6. The minimum Gasteiger partial charge on any atom is -0.497 e. The van der Waals surface area contributed by atoms with E-state index in [0.717, 1.165) is 61.1 Å². The molecule has 3 aromatic rings. The van der Waals surface area contributed by atoms with Crippen molar-refractivity contribution in [2.75, 3.05) is 20.2 Å². The van der Waals surface area contributed by atoms with Crippen LogP contribution in [0.25, 0.3) is 11.5 Å². The summed E-state index contributed by atoms with van der Waals surface area (Å²) in [6, 6.07) is 7.58. The first-order valence-electron chi connectivity index (χ1n) is 10.6. The van der Waals surface area contributed by atoms with E-state index < -0.39 is 0 Å². The van der Waals surface area contributed by atoms with Crippen molar-refractivity contribution in [1.29, 1.82) is 0 Å². The molecule has 0 spiro atoms. The van der Waals surface area contributed by atoms with Crippen LogP contribution in [0, 0.1) is 0 Å². The van der Waals surface area contributed by atoms with Gasteiger partial charge in [-0.05, 0) is 56.7 Å². The van der Waals surface area contributed by atoms with Gasteiger partial charge in [-0.1, -0.05) is 11.2 Å². The predicted octanol–water partition coefficient (Wildman–Crippen LogP) is 3.37. The third-order valence-electron chi connectivity index (χ3n) is 6.16. The number of carbonyl (C=O) groups excluding carboxylic acids is 1. The molecule has 1 saturated heterocycles. The number of hydrogen-bond donors (Lipinski definition) is 1. The Morgan fingerprint density at radius 2 is 2.07 bits per heavy atom. The zero-order valence-electron chi connectivity index (χ0n) is 17.1. The smallest absolute Gasteiger partial charge is 0.274 e. The zero-order chi connectivity index (χ0) is 20.5. The second-order valence-corrected chi connectivity index (χ2v) is 7.99. The first-order valence-corrected chi connectivity index (χ1v) is 10.6. The second-order valence-electron chi connectivity index (χ2n) is 7.99. The fraction of sp³-hybridized carbons (Fsp3) is 0.455. The molecule has 5 rings (SSSR count). The molecule has 8 heteroatoms. The molecule has 2 aliphatic rings. The number of carbonyl (C=O) groups is 1. The first-order chi connectivity index (χ1) is 14.7. The summed E-state index contributed by atoms with van der Waals surface area (Å²) in [6.07, 6.45) is 5.86. The van der Waals surface area contributed by atoms with Gasteiger partial charge in [-0.3, -0.25) is 9.89 Å². The van der Waals surface area contributed by atoms with Crippen molar-refractivity contribution >= 4 is 5.91 Å². The average molecular weight is 407 g/mol. The summed E-state index contributed by atoms with van der Waals surface area (Å²) >= 11 is 0. The Kier molecular flexibility index (Phi) is 4.98. The van der Waals surface area contributed by atoms with Crippen LogP contribution in [-0.2, 0) is 12.8 Å². The predicted molar refractivity (Wildman–Crippen MR) is 109 cm³/mol. The molecule has 3 heterocycles. The zero-order valence-corrected chi connectivity index (χ0v) is 17.1. The minimum atomic E-state index is 0.0398. The van der Waals surface area contributed by atoms with Crippen LogP contribution < -0.4 is 4.74 Å². The number of piperidine rings is 1. The number of ether oxygens (including phenoxy) is 1. The normalized spacial score (nSPS) is 17.0. The molecule has 0 saturated carbocycles. The fourth-order valence-corrected chi connectivity index (χ4v) is 4.42. The van der Waals surface area contributed by atoms with Crippen molar-refractivity contribution in [2.24, 2.45) is 0 Å². The summed E-state index contributed by atoms with van der Waals surface area (Å²) in [6.45, 7) is 1.35. The van der Waals surface area contributed by atoms with E-state index in [2.05, 4.69) is 20.3 Å². The first kappa shape index (κ1) is 18.8. The Bertz CT molecular complexity index is 1050. The number of nitrogens with zero attached hydrogens (tertiary/aromatic N) is 4. The number of aromatic amines is 1. The summed E-state index contributed by atoms with van der Waals surface area (Å²) in [7, 11) is 1.63. The van der Waals surface area contributed by atoms with Gasteiger partial charge in [-0.25, -0.2) is 0 Å². The van der Waals surface area contributed by atoms with Crippen LogP contribution in [-0.4, -0.2) is 51.3 Å². The van der Waals surface area contributed by atoms with Gasteiger partial charge >= 0.3 is 0 Å². The third kappa shape index (κ3) is 3.46. The van der Waals surface area contributed by atoms with Crippen LogP contribution in [0.3, 0.4) is 0 Å². The molecule has 1 amide bonds. The molecule has 1 N–H and O–H groups in total. The van der Waals surface area contributed by atoms with E-state index in [9.17, 15) is 4.79 Å². The largest absolute Gasteiger partial charge is 0.497 e. The number of hydrogen-bond acceptors (Lipinski definition) is 6. The van der Waals surface area contributed by atoms with Crippen molar-refractivity contribution in [1.82, 2.24) is 25.2 Å². The van der Waals surface area contributed by atoms with E-state index in [1.165, 1.54) is 0 Å². The Hall–Kier alpha value is -3.16. The second kappa shape index (κ2) is 7.93. The number of rotatable bonds is 4. The van der Waals surface area contributed by atoms with E-state index in [0.29, 0.717) is 30.5 Å². The van der Waals surface area contributed by atoms with E-state index in [1.807, 2.05) is 29.2 Å². The third-order valence-corrected chi connectivity index (χ3v) is 6.16. The highest BCUT2D eigenvalue weighted by Gasteiger charge is 2.30. The topological polar surface area (TPSA) is 97.1 Å². The maximum Gasteiger partial charge on any atom is 0.274 e. The van der Waals surface area contributed by atoms with Crippen LogP contribution in [0.2, 0.25) is 0 Å². The van der Waals surface area contributed by atoms with Gasteiger partial charge in [-0.15, -0.1) is 0 Å². The maximum absolute atomic E-state index is 13.0. The summed E-state index contributed by atoms with van der Waals surface area (Å²) < 4.78 is 10.8. The van der Waals surface area contributed by atoms with Crippen LogP contribution in [0.1, 0.15) is 59.2 Å². The lowest BCUT2D eigenvalue weighted by molar-refractivity contribution is 0.0703. The Labute approximate surface area is 174 Å². The van der Waals surface area contributed by atoms with Crippen molar-refractivity contribution in [2.45, 2.75) is 44.4 Å². The number of nitrogens with one attached hydrogen (secondary N) is 1. The average Bonchev–Trinajstić information content (AvgIpc) is 3.46. The van der Waals surface area contributed by atoms with Gasteiger partial charge in [0.1, 0.15) is 5.75 Å². The molecular weight excluding hydrogens is 382 g/mol. The van der Waals surface area contributed by atoms with Crippen LogP contribution in [0.5, 0.6) is 5.75 Å². The molecule has 0 radical (unpaired) electrons. The van der Waals surface area contributed by atoms with Crippen molar-refractivity contribution in [3.8, 4) is 17.2 Å². The lowest BCUT2D eigenvalue weighted by atomic mass is 9.94. The number of likely N-dealkylation sites (tertiary alicyclic amines) is 1. The van der Waals surface area contributed by atoms with E-state index in [-0.39, 0.29) is 11.8 Å². The number of methoxy groups -OCH3 is 1. The standard InChI is InChI=1S/C22H25N5O3/c1-29-16-6-4-5-15(13-16)21-23-20(26-30-21)14-9-11-27(12-10-14)22(28)19-17-7-2-3-8-18(17)24-25-19/h4-6,13-14H,2-3,7-12H2,1H3,(H,24,25). The van der Waals surface area contributed by atoms with Crippen LogP contribution in [0.15, 0.2) is 28.8 Å². The van der Waals surface area contributed by atoms with E-state index in [1.54, 1.807) is 7.11 Å². The van der Waals surface area contributed by atoms with E-state index >= 15 is 0 Å². The van der Waals surface area contributed by atoms with Gasteiger partial charge in [-0.2, -0.15) is 10.1 Å². The van der Waals surface area contributed by atoms with Crippen molar-refractivity contribution in [3.63, 3.8) is 0 Å². The molecule has 2 aromatic heterocycles. The van der Waals surface area contributed by atoms with Crippen LogP contribution in [0.4, 0.5) is 0 Å². The van der Waals surface area contributed by atoms with Gasteiger partial charge in [0.2, 0.25) is 0 Å². The monoisotopic (exact) mass is 407 g/mol. The number of fused-ring (bicyclic) bond motifs is 1. The quantitative estimate of drug-likeness (QED) is 0.712. The highest BCUT2D eigenvalue weighted by molar-refractivity contribution is 5.94. The van der Waals surface area contributed by atoms with E-state index in [4.69, 9.17) is 9.26 Å². The molecule has 156 valence electrons. The SMILES string of the molecule is COc1cccc(-c2nc(C3CCN(C(=O)c4n[nH]c5c4CCCC5)CC3)no2)c1. The van der Waals surface area contributed by atoms with Gasteiger partial charge in [0.05, 0.1) is 7.11 Å². The lowest BCUT2D eigenvalue weighted by Crippen LogP contribution is -2.38. The van der Waals surface area contributed by atoms with Crippen LogP contribution >= 0.6 is 0 Å². The lowest BCUT2D eigenvalue weighted by Gasteiger charge is -2.30. The molecule has 1 aliphatic carbocycles. The molecule has 0 bridgehead atoms. The van der Waals surface area contributed by atoms with Gasteiger partial charge < -0.3 is 14.2 Å². The molecule has 0 atom stereocenters. The number of benzene rings is 1. The maximum atomic E-state index is 13.0. The highest BCUT2D eigenvalue weighted by atomic mass is 16.5. The number of aryl methyl sites for hydroxylation is 1. The molecule has 1 fully saturated rings. The van der Waals surface area contributed by atoms with Crippen molar-refractivity contribution < 1.29 is 14.1 Å². The molecule has 0 unspecified atom stereocenters. The minimum absolute atomic E-state index is 0.0398. The summed E-state index contributed by atoms with van der Waals surface area (Å²) in [5.41, 5.74) is 3.71. The van der Waals surface area contributed by atoms with Gasteiger partial charge in [0.25, 0.3) is 11.8 Å². The molecule has 30 heavy (non-hydrogen) atoms. The molecular formula is C22H25N5O3. The number of H-pyrrole nitrogens is 1. The van der Waals surface area contributed by atoms with Gasteiger partial charge in [0.15, 0.2) is 11.5 Å². The fourth-order valence-electron chi connectivity index (χ4n) is 4.42.